The maximum atomic E-state index is 6.00. The van der Waals surface area contributed by atoms with Crippen LogP contribution in [0.1, 0.15) is 51.7 Å². The molecular weight excluding hydrogens is 735 g/mol. The van der Waals surface area contributed by atoms with Crippen LogP contribution in [0.25, 0.3) is 44.6 Å². The molecule has 2 aromatic carbocycles. The first kappa shape index (κ1) is 33.4. The van der Waals surface area contributed by atoms with E-state index < -0.39 is 8.07 Å². The van der Waals surface area contributed by atoms with Gasteiger partial charge in [-0.3, -0.25) is 0 Å². The third-order valence-corrected chi connectivity index (χ3v) is 9.41. The molecule has 4 aromatic heterocycles. The Morgan fingerprint density at radius 1 is 0.818 bits per heavy atom. The second-order valence-corrected chi connectivity index (χ2v) is 18.7. The molecule has 0 unspecified atom stereocenters. The minimum absolute atomic E-state index is 0. The zero-order valence-corrected chi connectivity index (χ0v) is 30.3. The van der Waals surface area contributed by atoms with Crippen molar-refractivity contribution >= 4 is 35.3 Å². The second-order valence-electron chi connectivity index (χ2n) is 13.7. The van der Waals surface area contributed by atoms with Crippen molar-refractivity contribution in [3.8, 4) is 22.5 Å². The molecule has 0 amide bonds. The minimum Gasteiger partial charge on any atom is -0.486 e. The standard InChI is InChI=1S/C21H19N2O.C17H22NSi.Ir/c1-21(2,3)13-14-9-11-22-18(12-14)17-7-4-6-15-16-8-5-10-23-20(16)24-19(15)17;1-13(2)15-11-16(14-9-7-6-8-10-14)18-12-17(15)19(3,4)5;/h4-6,8-12H,13H2,1-3H3;6-9,11-13H,1-5H3;/q2*-1;. The molecule has 6 heteroatoms. The fourth-order valence-electron chi connectivity index (χ4n) is 5.37. The summed E-state index contributed by atoms with van der Waals surface area (Å²) in [6.45, 7) is 18.4. The van der Waals surface area contributed by atoms with Crippen LogP contribution in [-0.4, -0.2) is 23.0 Å². The summed E-state index contributed by atoms with van der Waals surface area (Å²) in [6.07, 6.45) is 6.71. The summed E-state index contributed by atoms with van der Waals surface area (Å²) in [4.78, 5) is 13.5. The van der Waals surface area contributed by atoms with Gasteiger partial charge in [-0.2, -0.15) is 0 Å². The molecule has 0 aliphatic carbocycles. The molecule has 0 aliphatic heterocycles. The number of aromatic nitrogens is 3. The molecular formula is C38H41IrN3OSi-2. The summed E-state index contributed by atoms with van der Waals surface area (Å²) in [6, 6.07) is 29.0. The molecule has 0 bridgehead atoms. The molecule has 0 atom stereocenters. The van der Waals surface area contributed by atoms with E-state index in [0.717, 1.165) is 45.3 Å². The van der Waals surface area contributed by atoms with Gasteiger partial charge in [-0.1, -0.05) is 88.5 Å². The van der Waals surface area contributed by atoms with Gasteiger partial charge in [0.25, 0.3) is 0 Å². The topological polar surface area (TPSA) is 51.8 Å². The van der Waals surface area contributed by atoms with Crippen molar-refractivity contribution in [2.45, 2.75) is 66.6 Å². The fourth-order valence-corrected chi connectivity index (χ4v) is 7.05. The number of hydrogen-bond donors (Lipinski definition) is 0. The van der Waals surface area contributed by atoms with Crippen molar-refractivity contribution < 1.29 is 24.5 Å². The SMILES string of the molecule is CC(C)(C)Cc1ccnc(-c2[c-]ccc3c2oc2ncccc23)c1.CC(C)c1cc(-c2[c-]cccc2)ncc1[Si](C)(C)C.[Ir]. The van der Waals surface area contributed by atoms with E-state index in [4.69, 9.17) is 4.42 Å². The summed E-state index contributed by atoms with van der Waals surface area (Å²) in [5.74, 6) is 0.534. The molecule has 44 heavy (non-hydrogen) atoms. The van der Waals surface area contributed by atoms with Gasteiger partial charge in [0.2, 0.25) is 5.71 Å². The Bertz CT molecular complexity index is 1850. The van der Waals surface area contributed by atoms with Gasteiger partial charge in [-0.25, -0.2) is 4.98 Å². The Morgan fingerprint density at radius 2 is 1.61 bits per heavy atom. The van der Waals surface area contributed by atoms with E-state index in [-0.39, 0.29) is 25.5 Å². The molecule has 229 valence electrons. The van der Waals surface area contributed by atoms with E-state index in [1.165, 1.54) is 16.3 Å². The van der Waals surface area contributed by atoms with E-state index in [2.05, 4.69) is 112 Å². The van der Waals surface area contributed by atoms with Gasteiger partial charge < -0.3 is 14.4 Å². The first-order valence-electron chi connectivity index (χ1n) is 15.0. The number of fused-ring (bicyclic) bond motifs is 3. The molecule has 1 radical (unpaired) electrons. The number of hydrogen-bond acceptors (Lipinski definition) is 4. The van der Waals surface area contributed by atoms with Crippen molar-refractivity contribution in [1.29, 1.82) is 0 Å². The van der Waals surface area contributed by atoms with Crippen molar-refractivity contribution in [2.75, 3.05) is 0 Å². The number of pyridine rings is 3. The van der Waals surface area contributed by atoms with Gasteiger partial charge in [0.1, 0.15) is 0 Å². The van der Waals surface area contributed by atoms with E-state index in [0.29, 0.717) is 11.6 Å². The fraction of sp³-hybridized carbons (Fsp3) is 0.289. The number of nitrogens with zero attached hydrogens (tertiary/aromatic N) is 3. The van der Waals surface area contributed by atoms with E-state index in [9.17, 15) is 0 Å². The van der Waals surface area contributed by atoms with Crippen LogP contribution in [-0.2, 0) is 26.5 Å². The predicted octanol–water partition coefficient (Wildman–Crippen LogP) is 9.65. The first-order valence-corrected chi connectivity index (χ1v) is 18.5. The Hall–Kier alpha value is -3.44. The van der Waals surface area contributed by atoms with Crippen LogP contribution >= 0.6 is 0 Å². The molecule has 0 fully saturated rings. The maximum Gasteiger partial charge on any atom is 0.216 e. The van der Waals surface area contributed by atoms with E-state index >= 15 is 0 Å². The Balaban J connectivity index is 0.000000202. The van der Waals surface area contributed by atoms with Crippen LogP contribution in [0.5, 0.6) is 0 Å². The van der Waals surface area contributed by atoms with Gasteiger partial charge >= 0.3 is 0 Å². The average Bonchev–Trinajstić information content (AvgIpc) is 3.35. The van der Waals surface area contributed by atoms with Crippen molar-refractivity contribution in [3.05, 3.63) is 109 Å². The molecule has 4 heterocycles. The summed E-state index contributed by atoms with van der Waals surface area (Å²) < 4.78 is 6.00. The zero-order chi connectivity index (χ0) is 30.8. The Kier molecular flexibility index (Phi) is 10.4. The quantitative estimate of drug-likeness (QED) is 0.129. The predicted molar refractivity (Wildman–Crippen MR) is 182 cm³/mol. The number of rotatable bonds is 5. The summed E-state index contributed by atoms with van der Waals surface area (Å²) >= 11 is 0. The molecule has 6 rings (SSSR count). The van der Waals surface area contributed by atoms with Gasteiger partial charge in [-0.15, -0.1) is 54.1 Å². The van der Waals surface area contributed by atoms with Gasteiger partial charge in [0.15, 0.2) is 0 Å². The van der Waals surface area contributed by atoms with Crippen LogP contribution in [0.15, 0.2) is 89.7 Å². The van der Waals surface area contributed by atoms with Crippen LogP contribution < -0.4 is 5.19 Å². The van der Waals surface area contributed by atoms with Gasteiger partial charge in [-0.05, 0) is 52.5 Å². The van der Waals surface area contributed by atoms with Crippen LogP contribution in [0.4, 0.5) is 0 Å². The minimum atomic E-state index is -1.34. The largest absolute Gasteiger partial charge is 0.486 e. The van der Waals surface area contributed by atoms with Crippen molar-refractivity contribution in [3.63, 3.8) is 0 Å². The van der Waals surface area contributed by atoms with Crippen molar-refractivity contribution in [1.82, 2.24) is 15.0 Å². The third kappa shape index (κ3) is 7.79. The number of benzene rings is 2. The molecule has 0 saturated heterocycles. The summed E-state index contributed by atoms with van der Waals surface area (Å²) in [5.41, 5.74) is 8.29. The second kappa shape index (κ2) is 13.7. The maximum absolute atomic E-state index is 6.00. The molecule has 6 aromatic rings. The first-order chi connectivity index (χ1) is 20.4. The molecule has 0 saturated carbocycles. The summed E-state index contributed by atoms with van der Waals surface area (Å²) in [5, 5.41) is 3.55. The summed E-state index contributed by atoms with van der Waals surface area (Å²) in [7, 11) is -1.34. The van der Waals surface area contributed by atoms with E-state index in [1.54, 1.807) is 6.20 Å². The van der Waals surface area contributed by atoms with Crippen molar-refractivity contribution in [2.24, 2.45) is 5.41 Å². The smallest absolute Gasteiger partial charge is 0.216 e. The van der Waals surface area contributed by atoms with Gasteiger partial charge in [0.05, 0.1) is 13.7 Å². The number of furan rings is 1. The molecule has 0 aliphatic rings. The normalized spacial score (nSPS) is 11.8. The van der Waals surface area contributed by atoms with Gasteiger partial charge in [0, 0.05) is 44.1 Å². The monoisotopic (exact) mass is 776 g/mol. The zero-order valence-electron chi connectivity index (χ0n) is 27.0. The molecule has 0 N–H and O–H groups in total. The Morgan fingerprint density at radius 3 is 2.30 bits per heavy atom. The van der Waals surface area contributed by atoms with Crippen LogP contribution in [0.3, 0.4) is 0 Å². The molecule has 4 nitrogen and oxygen atoms in total. The molecule has 0 spiro atoms. The average molecular weight is 776 g/mol. The van der Waals surface area contributed by atoms with E-state index in [1.807, 2.05) is 48.7 Å². The third-order valence-electron chi connectivity index (χ3n) is 7.38. The Labute approximate surface area is 276 Å². The van der Waals surface area contributed by atoms with Crippen LogP contribution in [0.2, 0.25) is 19.6 Å². The van der Waals surface area contributed by atoms with Crippen LogP contribution in [0, 0.1) is 17.5 Å².